The fourth-order valence-electron chi connectivity index (χ4n) is 5.02. The first-order valence-corrected chi connectivity index (χ1v) is 12.3. The molecule has 0 amide bonds. The lowest BCUT2D eigenvalue weighted by atomic mass is 10.0. The molecule has 0 saturated heterocycles. The SMILES string of the molecule is c1ccc(-c2cc(-c3cccc(-n4c5ccccc5c5ccncc54)c3)cc(-c3ccccn3)n2)cc1. The minimum absolute atomic E-state index is 0.850. The molecule has 4 nitrogen and oxygen atoms in total. The van der Waals surface area contributed by atoms with E-state index in [1.807, 2.05) is 55.0 Å². The molecule has 7 rings (SSSR count). The van der Waals surface area contributed by atoms with Crippen LogP contribution in [-0.2, 0) is 0 Å². The van der Waals surface area contributed by atoms with Crippen LogP contribution in [0.15, 0.2) is 134 Å². The van der Waals surface area contributed by atoms with Crippen molar-refractivity contribution in [1.29, 1.82) is 0 Å². The lowest BCUT2D eigenvalue weighted by Crippen LogP contribution is -1.96. The van der Waals surface area contributed by atoms with E-state index in [0.29, 0.717) is 0 Å². The number of fused-ring (bicyclic) bond motifs is 3. The summed E-state index contributed by atoms with van der Waals surface area (Å²) in [5, 5.41) is 2.42. The third-order valence-corrected chi connectivity index (χ3v) is 6.74. The smallest absolute Gasteiger partial charge is 0.0899 e. The van der Waals surface area contributed by atoms with Crippen molar-refractivity contribution in [1.82, 2.24) is 19.5 Å². The molecular formula is C33H22N4. The van der Waals surface area contributed by atoms with Gasteiger partial charge in [0.05, 0.1) is 34.3 Å². The predicted molar refractivity (Wildman–Crippen MR) is 150 cm³/mol. The second kappa shape index (κ2) is 8.85. The maximum absolute atomic E-state index is 4.98. The minimum Gasteiger partial charge on any atom is -0.308 e. The van der Waals surface area contributed by atoms with Crippen LogP contribution in [0.1, 0.15) is 0 Å². The Bertz CT molecular complexity index is 1760. The zero-order chi connectivity index (χ0) is 24.6. The van der Waals surface area contributed by atoms with Crippen LogP contribution in [0.4, 0.5) is 0 Å². The summed E-state index contributed by atoms with van der Waals surface area (Å²) >= 11 is 0. The number of para-hydroxylation sites is 1. The van der Waals surface area contributed by atoms with E-state index in [9.17, 15) is 0 Å². The minimum atomic E-state index is 0.850. The number of benzene rings is 3. The van der Waals surface area contributed by atoms with Crippen LogP contribution in [0.2, 0.25) is 0 Å². The monoisotopic (exact) mass is 474 g/mol. The number of rotatable bonds is 4. The van der Waals surface area contributed by atoms with E-state index in [2.05, 4.69) is 93.4 Å². The van der Waals surface area contributed by atoms with E-state index in [0.717, 1.165) is 50.5 Å². The van der Waals surface area contributed by atoms with Crippen molar-refractivity contribution in [3.63, 3.8) is 0 Å². The van der Waals surface area contributed by atoms with E-state index >= 15 is 0 Å². The highest BCUT2D eigenvalue weighted by atomic mass is 15.0. The van der Waals surface area contributed by atoms with Crippen LogP contribution < -0.4 is 0 Å². The van der Waals surface area contributed by atoms with Gasteiger partial charge in [-0.3, -0.25) is 9.97 Å². The molecule has 0 saturated carbocycles. The van der Waals surface area contributed by atoms with Gasteiger partial charge in [-0.15, -0.1) is 0 Å². The molecule has 0 unspecified atom stereocenters. The first-order valence-electron chi connectivity index (χ1n) is 12.3. The molecule has 174 valence electrons. The summed E-state index contributed by atoms with van der Waals surface area (Å²) in [6.45, 7) is 0. The largest absolute Gasteiger partial charge is 0.308 e. The molecule has 0 spiro atoms. The fraction of sp³-hybridized carbons (Fsp3) is 0. The molecule has 3 aromatic carbocycles. The summed E-state index contributed by atoms with van der Waals surface area (Å²) in [5.41, 5.74) is 9.26. The van der Waals surface area contributed by atoms with Crippen molar-refractivity contribution < 1.29 is 0 Å². The van der Waals surface area contributed by atoms with Gasteiger partial charge in [0.2, 0.25) is 0 Å². The maximum Gasteiger partial charge on any atom is 0.0899 e. The second-order valence-corrected chi connectivity index (χ2v) is 9.00. The van der Waals surface area contributed by atoms with Crippen molar-refractivity contribution in [2.24, 2.45) is 0 Å². The molecule has 0 aliphatic carbocycles. The maximum atomic E-state index is 4.98. The second-order valence-electron chi connectivity index (χ2n) is 9.00. The van der Waals surface area contributed by atoms with Crippen LogP contribution in [0.25, 0.3) is 61.3 Å². The van der Waals surface area contributed by atoms with E-state index < -0.39 is 0 Å². The topological polar surface area (TPSA) is 43.6 Å². The molecule has 4 heterocycles. The fourth-order valence-corrected chi connectivity index (χ4v) is 5.02. The zero-order valence-corrected chi connectivity index (χ0v) is 20.0. The quantitative estimate of drug-likeness (QED) is 0.260. The summed E-state index contributed by atoms with van der Waals surface area (Å²) in [6.07, 6.45) is 5.61. The van der Waals surface area contributed by atoms with Crippen molar-refractivity contribution in [3.05, 3.63) is 134 Å². The molecule has 7 aromatic rings. The Morgan fingerprint density at radius 3 is 2.16 bits per heavy atom. The third kappa shape index (κ3) is 3.76. The molecule has 0 fully saturated rings. The third-order valence-electron chi connectivity index (χ3n) is 6.74. The molecule has 0 aliphatic rings. The molecule has 0 aliphatic heterocycles. The lowest BCUT2D eigenvalue weighted by Gasteiger charge is -2.12. The van der Waals surface area contributed by atoms with Gasteiger partial charge >= 0.3 is 0 Å². The Morgan fingerprint density at radius 2 is 1.27 bits per heavy atom. The van der Waals surface area contributed by atoms with Gasteiger partial charge in [-0.25, -0.2) is 4.98 Å². The van der Waals surface area contributed by atoms with Crippen LogP contribution in [0.5, 0.6) is 0 Å². The molecule has 0 N–H and O–H groups in total. The molecule has 37 heavy (non-hydrogen) atoms. The highest BCUT2D eigenvalue weighted by molar-refractivity contribution is 6.08. The summed E-state index contributed by atoms with van der Waals surface area (Å²) in [7, 11) is 0. The first kappa shape index (κ1) is 21.2. The predicted octanol–water partition coefficient (Wildman–Crippen LogP) is 7.97. The Kier molecular flexibility index (Phi) is 5.07. The van der Waals surface area contributed by atoms with Gasteiger partial charge in [-0.05, 0) is 59.7 Å². The van der Waals surface area contributed by atoms with Crippen LogP contribution in [-0.4, -0.2) is 19.5 Å². The molecule has 4 heteroatoms. The van der Waals surface area contributed by atoms with Crippen LogP contribution >= 0.6 is 0 Å². The standard InChI is InChI=1S/C33H22N4/c1-2-9-23(10-3-1)30-20-25(21-31(36-30)29-14-6-7-17-35-29)24-11-8-12-26(19-24)37-32-15-5-4-13-27(32)28-16-18-34-22-33(28)37/h1-22H. The molecule has 0 atom stereocenters. The van der Waals surface area contributed by atoms with Crippen molar-refractivity contribution in [2.75, 3.05) is 0 Å². The molecule has 0 bridgehead atoms. The summed E-state index contributed by atoms with van der Waals surface area (Å²) < 4.78 is 2.29. The van der Waals surface area contributed by atoms with Gasteiger partial charge in [-0.1, -0.05) is 66.7 Å². The number of hydrogen-bond donors (Lipinski definition) is 0. The normalized spacial score (nSPS) is 11.2. The van der Waals surface area contributed by atoms with Crippen LogP contribution in [0, 0.1) is 0 Å². The molecule has 0 radical (unpaired) electrons. The van der Waals surface area contributed by atoms with Gasteiger partial charge in [0.25, 0.3) is 0 Å². The summed E-state index contributed by atoms with van der Waals surface area (Å²) in [6, 6.07) is 39.8. The lowest BCUT2D eigenvalue weighted by molar-refractivity contribution is 1.17. The van der Waals surface area contributed by atoms with Gasteiger partial charge in [-0.2, -0.15) is 0 Å². The number of hydrogen-bond acceptors (Lipinski definition) is 3. The van der Waals surface area contributed by atoms with Crippen molar-refractivity contribution in [2.45, 2.75) is 0 Å². The Labute approximate surface area is 214 Å². The van der Waals surface area contributed by atoms with E-state index in [1.165, 1.54) is 10.8 Å². The average Bonchev–Trinajstić information content (AvgIpc) is 3.32. The average molecular weight is 475 g/mol. The van der Waals surface area contributed by atoms with Crippen molar-refractivity contribution >= 4 is 21.8 Å². The van der Waals surface area contributed by atoms with Gasteiger partial charge in [0.15, 0.2) is 0 Å². The summed E-state index contributed by atoms with van der Waals surface area (Å²) in [5.74, 6) is 0. The highest BCUT2D eigenvalue weighted by Gasteiger charge is 2.14. The Hall–Kier alpha value is -5.09. The zero-order valence-electron chi connectivity index (χ0n) is 20.0. The van der Waals surface area contributed by atoms with Gasteiger partial charge < -0.3 is 4.57 Å². The first-order chi connectivity index (χ1) is 18.3. The molecular weight excluding hydrogens is 452 g/mol. The van der Waals surface area contributed by atoms with Crippen molar-refractivity contribution in [3.8, 4) is 39.5 Å². The molecule has 4 aromatic heterocycles. The van der Waals surface area contributed by atoms with Gasteiger partial charge in [0.1, 0.15) is 0 Å². The number of pyridine rings is 3. The Balaban J connectivity index is 1.44. The number of aromatic nitrogens is 4. The summed E-state index contributed by atoms with van der Waals surface area (Å²) in [4.78, 5) is 14.0. The van der Waals surface area contributed by atoms with Crippen LogP contribution in [0.3, 0.4) is 0 Å². The van der Waals surface area contributed by atoms with E-state index in [-0.39, 0.29) is 0 Å². The van der Waals surface area contributed by atoms with E-state index in [1.54, 1.807) is 0 Å². The Morgan fingerprint density at radius 1 is 0.486 bits per heavy atom. The highest BCUT2D eigenvalue weighted by Crippen LogP contribution is 2.34. The number of nitrogens with zero attached hydrogens (tertiary/aromatic N) is 4. The van der Waals surface area contributed by atoms with E-state index in [4.69, 9.17) is 4.98 Å². The van der Waals surface area contributed by atoms with Gasteiger partial charge in [0, 0.05) is 34.4 Å².